The van der Waals surface area contributed by atoms with E-state index in [9.17, 15) is 0 Å². The second-order valence-electron chi connectivity index (χ2n) is 9.84. The zero-order valence-electron chi connectivity index (χ0n) is 20.8. The molecule has 0 amide bonds. The molecule has 6 heteroatoms. The molecule has 186 valence electrons. The molecule has 2 aliphatic rings. The summed E-state index contributed by atoms with van der Waals surface area (Å²) in [5, 5.41) is 8.03. The largest absolute Gasteiger partial charge is 0.385 e. The molecular weight excluding hydrogens is 430 g/mol. The van der Waals surface area contributed by atoms with Gasteiger partial charge < -0.3 is 25.0 Å². The highest BCUT2D eigenvalue weighted by molar-refractivity contribution is 7.80. The summed E-state index contributed by atoms with van der Waals surface area (Å²) in [7, 11) is 3.79. The number of likely N-dealkylation sites (N-methyl/N-ethyl adjacent to an activating group) is 1. The Labute approximate surface area is 207 Å². The number of hydrogen-bond acceptors (Lipinski definition) is 4. The molecule has 0 bridgehead atoms. The molecule has 2 fully saturated rings. The van der Waals surface area contributed by atoms with Crippen molar-refractivity contribution in [3.8, 4) is 0 Å². The van der Waals surface area contributed by atoms with Crippen LogP contribution in [0.4, 0.5) is 0 Å². The SMILES string of the molecule is CNCC(CC1CCCCC1)NC(=S)N1CCCC(C(OCCCOC)c2ccccc2)C1. The molecule has 0 spiro atoms. The third-order valence-corrected chi connectivity index (χ3v) is 7.59. The highest BCUT2D eigenvalue weighted by Gasteiger charge is 2.31. The Hall–Kier alpha value is -1.21. The van der Waals surface area contributed by atoms with Crippen LogP contribution in [0.25, 0.3) is 0 Å². The van der Waals surface area contributed by atoms with Crippen LogP contribution in [0.3, 0.4) is 0 Å². The topological polar surface area (TPSA) is 45.8 Å². The van der Waals surface area contributed by atoms with Gasteiger partial charge >= 0.3 is 0 Å². The molecule has 1 aromatic rings. The van der Waals surface area contributed by atoms with Crippen LogP contribution in [0.5, 0.6) is 0 Å². The van der Waals surface area contributed by atoms with Crippen molar-refractivity contribution in [3.63, 3.8) is 0 Å². The van der Waals surface area contributed by atoms with Gasteiger partial charge in [0, 0.05) is 51.9 Å². The molecule has 3 unspecified atom stereocenters. The van der Waals surface area contributed by atoms with Gasteiger partial charge in [-0.1, -0.05) is 62.4 Å². The summed E-state index contributed by atoms with van der Waals surface area (Å²) >= 11 is 5.94. The lowest BCUT2D eigenvalue weighted by molar-refractivity contribution is -0.0142. The number of rotatable bonds is 12. The first-order chi connectivity index (χ1) is 16.2. The molecule has 2 N–H and O–H groups in total. The Morgan fingerprint density at radius 1 is 1.09 bits per heavy atom. The molecule has 1 aliphatic carbocycles. The number of ether oxygens (including phenoxy) is 2. The number of piperidine rings is 1. The predicted octanol–water partition coefficient (Wildman–Crippen LogP) is 4.93. The van der Waals surface area contributed by atoms with Crippen molar-refractivity contribution in [1.29, 1.82) is 0 Å². The predicted molar refractivity (Wildman–Crippen MR) is 141 cm³/mol. The van der Waals surface area contributed by atoms with Gasteiger partial charge in [-0.25, -0.2) is 0 Å². The van der Waals surface area contributed by atoms with E-state index in [2.05, 4.69) is 45.9 Å². The van der Waals surface area contributed by atoms with E-state index >= 15 is 0 Å². The molecule has 1 aliphatic heterocycles. The Kier molecular flexibility index (Phi) is 11.9. The van der Waals surface area contributed by atoms with E-state index in [-0.39, 0.29) is 6.10 Å². The highest BCUT2D eigenvalue weighted by Crippen LogP contribution is 2.33. The van der Waals surface area contributed by atoms with Crippen molar-refractivity contribution in [2.75, 3.05) is 47.0 Å². The zero-order chi connectivity index (χ0) is 23.3. The number of hydrogen-bond donors (Lipinski definition) is 2. The molecule has 5 nitrogen and oxygen atoms in total. The maximum Gasteiger partial charge on any atom is 0.169 e. The lowest BCUT2D eigenvalue weighted by Gasteiger charge is -2.39. The normalized spacial score (nSPS) is 21.5. The monoisotopic (exact) mass is 475 g/mol. The molecule has 0 aromatic heterocycles. The highest BCUT2D eigenvalue weighted by atomic mass is 32.1. The summed E-state index contributed by atoms with van der Waals surface area (Å²) < 4.78 is 11.7. The maximum absolute atomic E-state index is 6.44. The average molecular weight is 476 g/mol. The van der Waals surface area contributed by atoms with Gasteiger partial charge in [0.2, 0.25) is 0 Å². The molecule has 1 saturated carbocycles. The minimum absolute atomic E-state index is 0.101. The lowest BCUT2D eigenvalue weighted by atomic mass is 9.85. The Balaban J connectivity index is 1.59. The van der Waals surface area contributed by atoms with E-state index in [0.717, 1.165) is 56.7 Å². The number of nitrogens with zero attached hydrogens (tertiary/aromatic N) is 1. The number of benzene rings is 1. The Bertz CT molecular complexity index is 669. The molecule has 1 saturated heterocycles. The van der Waals surface area contributed by atoms with E-state index < -0.39 is 0 Å². The molecular formula is C27H45N3O2S. The van der Waals surface area contributed by atoms with Gasteiger partial charge in [-0.05, 0) is 56.4 Å². The van der Waals surface area contributed by atoms with Crippen LogP contribution in [-0.4, -0.2) is 63.1 Å². The van der Waals surface area contributed by atoms with Crippen molar-refractivity contribution in [2.24, 2.45) is 11.8 Å². The number of thiocarbonyl (C=S) groups is 1. The summed E-state index contributed by atoms with van der Waals surface area (Å²) in [6.45, 7) is 4.40. The molecule has 3 atom stereocenters. The van der Waals surface area contributed by atoms with Gasteiger partial charge in [-0.15, -0.1) is 0 Å². The summed E-state index contributed by atoms with van der Waals surface area (Å²) in [5.41, 5.74) is 1.27. The summed E-state index contributed by atoms with van der Waals surface area (Å²) in [4.78, 5) is 2.39. The first-order valence-corrected chi connectivity index (χ1v) is 13.5. The Morgan fingerprint density at radius 3 is 2.61 bits per heavy atom. The van der Waals surface area contributed by atoms with Gasteiger partial charge in [0.25, 0.3) is 0 Å². The van der Waals surface area contributed by atoms with Crippen molar-refractivity contribution in [3.05, 3.63) is 35.9 Å². The third kappa shape index (κ3) is 8.82. The van der Waals surface area contributed by atoms with Crippen molar-refractivity contribution >= 4 is 17.3 Å². The van der Waals surface area contributed by atoms with Gasteiger partial charge in [-0.3, -0.25) is 0 Å². The second-order valence-corrected chi connectivity index (χ2v) is 10.2. The maximum atomic E-state index is 6.44. The minimum atomic E-state index is 0.101. The van der Waals surface area contributed by atoms with E-state index in [1.807, 2.05) is 7.05 Å². The second kappa shape index (κ2) is 14.9. The lowest BCUT2D eigenvalue weighted by Crippen LogP contribution is -2.51. The summed E-state index contributed by atoms with van der Waals surface area (Å²) in [6, 6.07) is 11.1. The smallest absolute Gasteiger partial charge is 0.169 e. The molecule has 1 aromatic carbocycles. The standard InChI is InChI=1S/C27H45N3O2S/c1-28-20-25(19-22-11-5-3-6-12-22)29-27(33)30-16-9-15-24(21-30)26(32-18-10-17-31-2)23-13-7-4-8-14-23/h4,7-8,13-14,22,24-26,28H,3,5-6,9-12,15-21H2,1-2H3,(H,29,33). The first kappa shape index (κ1) is 26.4. The van der Waals surface area contributed by atoms with Gasteiger partial charge in [-0.2, -0.15) is 0 Å². The number of nitrogens with one attached hydrogen (secondary N) is 2. The molecule has 0 radical (unpaired) electrons. The van der Waals surface area contributed by atoms with Crippen LogP contribution in [0.15, 0.2) is 30.3 Å². The van der Waals surface area contributed by atoms with Crippen LogP contribution in [-0.2, 0) is 9.47 Å². The van der Waals surface area contributed by atoms with Gasteiger partial charge in [0.1, 0.15) is 0 Å². The van der Waals surface area contributed by atoms with Crippen LogP contribution >= 0.6 is 12.2 Å². The van der Waals surface area contributed by atoms with E-state index in [0.29, 0.717) is 12.0 Å². The van der Waals surface area contributed by atoms with Crippen molar-refractivity contribution in [1.82, 2.24) is 15.5 Å². The fourth-order valence-corrected chi connectivity index (χ4v) is 5.87. The van der Waals surface area contributed by atoms with Gasteiger partial charge in [0.15, 0.2) is 5.11 Å². The van der Waals surface area contributed by atoms with Gasteiger partial charge in [0.05, 0.1) is 6.10 Å². The van der Waals surface area contributed by atoms with Crippen LogP contribution in [0.1, 0.15) is 69.5 Å². The van der Waals surface area contributed by atoms with Crippen LogP contribution < -0.4 is 10.6 Å². The Morgan fingerprint density at radius 2 is 1.88 bits per heavy atom. The van der Waals surface area contributed by atoms with E-state index in [1.54, 1.807) is 7.11 Å². The third-order valence-electron chi connectivity index (χ3n) is 7.21. The van der Waals surface area contributed by atoms with Crippen LogP contribution in [0, 0.1) is 11.8 Å². The molecule has 33 heavy (non-hydrogen) atoms. The number of methoxy groups -OCH3 is 1. The van der Waals surface area contributed by atoms with Crippen LogP contribution in [0.2, 0.25) is 0 Å². The molecule has 1 heterocycles. The van der Waals surface area contributed by atoms with Crippen molar-refractivity contribution in [2.45, 2.75) is 69.9 Å². The average Bonchev–Trinajstić information content (AvgIpc) is 2.85. The number of likely N-dealkylation sites (tertiary alicyclic amines) is 1. The summed E-state index contributed by atoms with van der Waals surface area (Å²) in [5.74, 6) is 1.27. The first-order valence-electron chi connectivity index (χ1n) is 13.1. The van der Waals surface area contributed by atoms with E-state index in [1.165, 1.54) is 50.5 Å². The van der Waals surface area contributed by atoms with Crippen molar-refractivity contribution < 1.29 is 9.47 Å². The summed E-state index contributed by atoms with van der Waals surface area (Å²) in [6.07, 6.45) is 11.5. The fourth-order valence-electron chi connectivity index (χ4n) is 5.53. The quantitative estimate of drug-likeness (QED) is 0.330. The minimum Gasteiger partial charge on any atom is -0.385 e. The molecule has 3 rings (SSSR count). The fraction of sp³-hybridized carbons (Fsp3) is 0.741. The zero-order valence-corrected chi connectivity index (χ0v) is 21.6. The van der Waals surface area contributed by atoms with E-state index in [4.69, 9.17) is 21.7 Å².